The number of ether oxygens (including phenoxy) is 2. The van der Waals surface area contributed by atoms with Crippen molar-refractivity contribution < 1.29 is 19.1 Å². The summed E-state index contributed by atoms with van der Waals surface area (Å²) in [6.45, 7) is 12.0. The molecule has 2 amide bonds. The summed E-state index contributed by atoms with van der Waals surface area (Å²) in [5, 5.41) is 2.98. The van der Waals surface area contributed by atoms with Crippen molar-refractivity contribution in [1.29, 1.82) is 0 Å². The Morgan fingerprint density at radius 3 is 1.90 bits per heavy atom. The van der Waals surface area contributed by atoms with Crippen LogP contribution in [0.2, 0.25) is 0 Å². The molecule has 0 bridgehead atoms. The zero-order chi connectivity index (χ0) is 22.5. The molecule has 0 saturated heterocycles. The molecular formula is C23H43N3O4. The van der Waals surface area contributed by atoms with Gasteiger partial charge in [0.15, 0.2) is 0 Å². The second-order valence-corrected chi connectivity index (χ2v) is 11.1. The van der Waals surface area contributed by atoms with Crippen LogP contribution in [-0.4, -0.2) is 53.0 Å². The lowest BCUT2D eigenvalue weighted by molar-refractivity contribution is 0.00462. The first-order chi connectivity index (χ1) is 13.8. The SMILES string of the molecule is CC(C)(C)OC(=O)NC1CCC(N(CC2CCC(N)CC2)C(=O)OC(C)(C)C)CC1. The first kappa shape index (κ1) is 24.8. The lowest BCUT2D eigenvalue weighted by atomic mass is 9.85. The van der Waals surface area contributed by atoms with Gasteiger partial charge in [-0.1, -0.05) is 0 Å². The standard InChI is InChI=1S/C23H43N3O4/c1-22(2,3)29-20(27)25-18-11-13-19(14-12-18)26(21(28)30-23(4,5)6)15-16-7-9-17(24)10-8-16/h16-19H,7-15,24H2,1-6H3,(H,25,27). The molecule has 7 nitrogen and oxygen atoms in total. The lowest BCUT2D eigenvalue weighted by Crippen LogP contribution is -2.50. The fourth-order valence-electron chi connectivity index (χ4n) is 4.35. The van der Waals surface area contributed by atoms with Gasteiger partial charge in [0.2, 0.25) is 0 Å². The molecule has 30 heavy (non-hydrogen) atoms. The van der Waals surface area contributed by atoms with Crippen molar-refractivity contribution in [2.24, 2.45) is 11.7 Å². The van der Waals surface area contributed by atoms with E-state index in [-0.39, 0.29) is 24.3 Å². The number of nitrogens with zero attached hydrogens (tertiary/aromatic N) is 1. The minimum Gasteiger partial charge on any atom is -0.444 e. The maximum Gasteiger partial charge on any atom is 0.410 e. The van der Waals surface area contributed by atoms with Gasteiger partial charge in [-0.05, 0) is 98.8 Å². The molecule has 7 heteroatoms. The van der Waals surface area contributed by atoms with Crippen molar-refractivity contribution in [3.8, 4) is 0 Å². The van der Waals surface area contributed by atoms with E-state index >= 15 is 0 Å². The first-order valence-electron chi connectivity index (χ1n) is 11.6. The van der Waals surface area contributed by atoms with Crippen LogP contribution in [0.4, 0.5) is 9.59 Å². The summed E-state index contributed by atoms with van der Waals surface area (Å²) in [6, 6.07) is 0.530. The molecule has 174 valence electrons. The monoisotopic (exact) mass is 425 g/mol. The number of hydrogen-bond acceptors (Lipinski definition) is 5. The van der Waals surface area contributed by atoms with E-state index in [1.54, 1.807) is 0 Å². The number of nitrogens with one attached hydrogen (secondary N) is 1. The van der Waals surface area contributed by atoms with Crippen LogP contribution >= 0.6 is 0 Å². The van der Waals surface area contributed by atoms with E-state index in [1.807, 2.05) is 46.4 Å². The van der Waals surface area contributed by atoms with Crippen molar-refractivity contribution >= 4 is 12.2 Å². The van der Waals surface area contributed by atoms with E-state index in [2.05, 4.69) is 5.32 Å². The molecule has 3 N–H and O–H groups in total. The molecular weight excluding hydrogens is 382 g/mol. The maximum atomic E-state index is 13.0. The molecule has 2 saturated carbocycles. The smallest absolute Gasteiger partial charge is 0.410 e. The van der Waals surface area contributed by atoms with Gasteiger partial charge in [0.05, 0.1) is 0 Å². The highest BCUT2D eigenvalue weighted by atomic mass is 16.6. The van der Waals surface area contributed by atoms with Crippen LogP contribution in [-0.2, 0) is 9.47 Å². The molecule has 2 aliphatic carbocycles. The summed E-state index contributed by atoms with van der Waals surface area (Å²) in [5.74, 6) is 0.481. The molecule has 0 aromatic rings. The molecule has 2 fully saturated rings. The van der Waals surface area contributed by atoms with Crippen molar-refractivity contribution in [3.05, 3.63) is 0 Å². The summed E-state index contributed by atoms with van der Waals surface area (Å²) in [6.07, 6.45) is 6.97. The summed E-state index contributed by atoms with van der Waals surface area (Å²) in [5.41, 5.74) is 5.04. The van der Waals surface area contributed by atoms with E-state index < -0.39 is 11.2 Å². The second kappa shape index (κ2) is 10.2. The molecule has 0 radical (unpaired) electrons. The highest BCUT2D eigenvalue weighted by molar-refractivity contribution is 5.69. The number of carbonyl (C=O) groups excluding carboxylic acids is 2. The quantitative estimate of drug-likeness (QED) is 0.688. The number of rotatable bonds is 4. The summed E-state index contributed by atoms with van der Waals surface area (Å²) < 4.78 is 11.1. The highest BCUT2D eigenvalue weighted by Gasteiger charge is 2.34. The third-order valence-electron chi connectivity index (χ3n) is 5.83. The molecule has 0 unspecified atom stereocenters. The Balaban J connectivity index is 1.94. The van der Waals surface area contributed by atoms with Crippen molar-refractivity contribution in [1.82, 2.24) is 10.2 Å². The molecule has 0 atom stereocenters. The van der Waals surface area contributed by atoms with Gasteiger partial charge in [0, 0.05) is 24.7 Å². The average molecular weight is 426 g/mol. The number of alkyl carbamates (subject to hydrolysis) is 1. The van der Waals surface area contributed by atoms with Crippen LogP contribution in [0.1, 0.15) is 92.9 Å². The Hall–Kier alpha value is -1.50. The summed E-state index contributed by atoms with van der Waals surface area (Å²) in [7, 11) is 0. The average Bonchev–Trinajstić information content (AvgIpc) is 2.59. The van der Waals surface area contributed by atoms with E-state index in [4.69, 9.17) is 15.2 Å². The Labute approximate surface area is 182 Å². The van der Waals surface area contributed by atoms with Gasteiger partial charge >= 0.3 is 12.2 Å². The largest absolute Gasteiger partial charge is 0.444 e. The van der Waals surface area contributed by atoms with Crippen molar-refractivity contribution in [2.75, 3.05) is 6.54 Å². The highest BCUT2D eigenvalue weighted by Crippen LogP contribution is 2.30. The van der Waals surface area contributed by atoms with E-state index in [0.717, 1.165) is 57.9 Å². The van der Waals surface area contributed by atoms with Crippen LogP contribution in [0, 0.1) is 5.92 Å². The zero-order valence-corrected chi connectivity index (χ0v) is 19.8. The molecule has 0 aliphatic heterocycles. The van der Waals surface area contributed by atoms with Crippen LogP contribution < -0.4 is 11.1 Å². The fourth-order valence-corrected chi connectivity index (χ4v) is 4.35. The molecule has 2 rings (SSSR count). The third-order valence-corrected chi connectivity index (χ3v) is 5.83. The van der Waals surface area contributed by atoms with Crippen molar-refractivity contribution in [3.63, 3.8) is 0 Å². The first-order valence-corrected chi connectivity index (χ1v) is 11.6. The van der Waals surface area contributed by atoms with Crippen LogP contribution in [0.25, 0.3) is 0 Å². The molecule has 0 spiro atoms. The molecule has 0 aromatic carbocycles. The Morgan fingerprint density at radius 2 is 1.40 bits per heavy atom. The van der Waals surface area contributed by atoms with Gasteiger partial charge in [-0.15, -0.1) is 0 Å². The molecule has 2 aliphatic rings. The van der Waals surface area contributed by atoms with Crippen molar-refractivity contribution in [2.45, 2.75) is 122 Å². The maximum absolute atomic E-state index is 13.0. The summed E-state index contributed by atoms with van der Waals surface area (Å²) in [4.78, 5) is 27.0. The van der Waals surface area contributed by atoms with Gasteiger partial charge < -0.3 is 25.4 Å². The molecule has 0 heterocycles. The van der Waals surface area contributed by atoms with Gasteiger partial charge in [0.25, 0.3) is 0 Å². The number of nitrogens with two attached hydrogens (primary N) is 1. The van der Waals surface area contributed by atoms with E-state index in [1.165, 1.54) is 0 Å². The molecule has 0 aromatic heterocycles. The second-order valence-electron chi connectivity index (χ2n) is 11.1. The van der Waals surface area contributed by atoms with Crippen LogP contribution in [0.3, 0.4) is 0 Å². The van der Waals surface area contributed by atoms with Crippen LogP contribution in [0.5, 0.6) is 0 Å². The van der Waals surface area contributed by atoms with Crippen LogP contribution in [0.15, 0.2) is 0 Å². The van der Waals surface area contributed by atoms with E-state index in [0.29, 0.717) is 12.0 Å². The lowest BCUT2D eigenvalue weighted by Gasteiger charge is -2.40. The van der Waals surface area contributed by atoms with Gasteiger partial charge in [0.1, 0.15) is 11.2 Å². The minimum absolute atomic E-state index is 0.0873. The predicted octanol–water partition coefficient (Wildman–Crippen LogP) is 4.58. The third kappa shape index (κ3) is 8.70. The summed E-state index contributed by atoms with van der Waals surface area (Å²) >= 11 is 0. The predicted molar refractivity (Wildman–Crippen MR) is 118 cm³/mol. The number of amides is 2. The topological polar surface area (TPSA) is 93.9 Å². The zero-order valence-electron chi connectivity index (χ0n) is 19.8. The van der Waals surface area contributed by atoms with Gasteiger partial charge in [-0.25, -0.2) is 9.59 Å². The fraction of sp³-hybridized carbons (Fsp3) is 0.913. The number of carbonyl (C=O) groups is 2. The minimum atomic E-state index is -0.514. The Kier molecular flexibility index (Phi) is 8.43. The number of hydrogen-bond donors (Lipinski definition) is 2. The van der Waals surface area contributed by atoms with E-state index in [9.17, 15) is 9.59 Å². The Morgan fingerprint density at radius 1 is 0.867 bits per heavy atom. The Bertz CT molecular complexity index is 566. The van der Waals surface area contributed by atoms with Gasteiger partial charge in [-0.2, -0.15) is 0 Å². The van der Waals surface area contributed by atoms with Gasteiger partial charge in [-0.3, -0.25) is 0 Å². The normalized spacial score (nSPS) is 27.8.